The van der Waals surface area contributed by atoms with Crippen molar-refractivity contribution in [3.05, 3.63) is 48.3 Å². The van der Waals surface area contributed by atoms with Crippen LogP contribution in [0.15, 0.2) is 47.4 Å². The van der Waals surface area contributed by atoms with Gasteiger partial charge in [0, 0.05) is 32.2 Å². The Morgan fingerprint density at radius 3 is 2.00 bits per heavy atom. The Labute approximate surface area is 190 Å². The number of alkyl halides is 6. The van der Waals surface area contributed by atoms with E-state index in [9.17, 15) is 39.2 Å². The molecule has 0 aromatic heterocycles. The molecule has 1 fully saturated rings. The number of hydrogen-bond donors (Lipinski definition) is 0. The minimum Gasteiger partial charge on any atom is -0.484 e. The Morgan fingerprint density at radius 1 is 0.824 bits per heavy atom. The second-order valence-electron chi connectivity index (χ2n) is 7.26. The Morgan fingerprint density at radius 2 is 1.41 bits per heavy atom. The zero-order valence-corrected chi connectivity index (χ0v) is 18.2. The molecule has 6 nitrogen and oxygen atoms in total. The topological polar surface area (TPSA) is 59.1 Å². The van der Waals surface area contributed by atoms with Gasteiger partial charge in [-0.25, -0.2) is 12.8 Å². The Bertz CT molecular complexity index is 1100. The second kappa shape index (κ2) is 9.86. The summed E-state index contributed by atoms with van der Waals surface area (Å²) < 4.78 is 126. The number of benzene rings is 2. The van der Waals surface area contributed by atoms with E-state index in [0.29, 0.717) is 6.07 Å². The molecule has 14 heteroatoms. The summed E-state index contributed by atoms with van der Waals surface area (Å²) >= 11 is 0. The average molecular weight is 516 g/mol. The van der Waals surface area contributed by atoms with Crippen LogP contribution in [0.25, 0.3) is 0 Å². The Hall–Kier alpha value is -2.74. The summed E-state index contributed by atoms with van der Waals surface area (Å²) in [4.78, 5) is 0.835. The fourth-order valence-corrected chi connectivity index (χ4v) is 4.81. The standard InChI is InChI=1S/C20H19F7N2O4S/c21-15-3-1-2-4-16(15)28-7-9-29(10-8-28)34(30,31)18-11-14(32-12-19(22,23)24)5-6-17(18)33-13-20(25,26)27/h1-6,11H,7-10,12-13H2. The van der Waals surface area contributed by atoms with Crippen LogP contribution in [-0.4, -0.2) is 64.5 Å². The van der Waals surface area contributed by atoms with Crippen molar-refractivity contribution >= 4 is 15.7 Å². The van der Waals surface area contributed by atoms with Crippen LogP contribution in [0, 0.1) is 5.82 Å². The van der Waals surface area contributed by atoms with Crippen molar-refractivity contribution in [3.8, 4) is 11.5 Å². The normalized spacial score (nSPS) is 15.9. The third-order valence-electron chi connectivity index (χ3n) is 4.76. The monoisotopic (exact) mass is 516 g/mol. The highest BCUT2D eigenvalue weighted by atomic mass is 32.2. The lowest BCUT2D eigenvalue weighted by atomic mass is 10.2. The first kappa shape index (κ1) is 25.9. The van der Waals surface area contributed by atoms with E-state index < -0.39 is 57.8 Å². The predicted octanol–water partition coefficient (Wildman–Crippen LogP) is 4.22. The summed E-state index contributed by atoms with van der Waals surface area (Å²) in [6.07, 6.45) is -9.49. The molecule has 0 unspecified atom stereocenters. The number of hydrogen-bond acceptors (Lipinski definition) is 5. The van der Waals surface area contributed by atoms with Gasteiger partial charge in [-0.15, -0.1) is 0 Å². The number of piperazine rings is 1. The first-order chi connectivity index (χ1) is 15.8. The molecule has 1 saturated heterocycles. The number of para-hydroxylation sites is 1. The molecule has 0 aliphatic carbocycles. The van der Waals surface area contributed by atoms with Gasteiger partial charge in [-0.05, 0) is 24.3 Å². The second-order valence-corrected chi connectivity index (χ2v) is 9.17. The molecule has 0 spiro atoms. The highest BCUT2D eigenvalue weighted by Crippen LogP contribution is 2.33. The molecule has 0 saturated carbocycles. The van der Waals surface area contributed by atoms with Crippen LogP contribution in [0.2, 0.25) is 0 Å². The van der Waals surface area contributed by atoms with Crippen LogP contribution in [-0.2, 0) is 10.0 Å². The third kappa shape index (κ3) is 6.65. The Kier molecular flexibility index (Phi) is 7.50. The lowest BCUT2D eigenvalue weighted by Crippen LogP contribution is -2.49. The molecule has 1 heterocycles. The zero-order valence-electron chi connectivity index (χ0n) is 17.4. The van der Waals surface area contributed by atoms with Gasteiger partial charge in [0.2, 0.25) is 10.0 Å². The van der Waals surface area contributed by atoms with Gasteiger partial charge in [-0.3, -0.25) is 0 Å². The molecule has 0 bridgehead atoms. The quantitative estimate of drug-likeness (QED) is 0.516. The lowest BCUT2D eigenvalue weighted by molar-refractivity contribution is -0.154. The van der Waals surface area contributed by atoms with Gasteiger partial charge in [0.1, 0.15) is 22.2 Å². The van der Waals surface area contributed by atoms with Crippen molar-refractivity contribution in [1.82, 2.24) is 4.31 Å². The summed E-state index contributed by atoms with van der Waals surface area (Å²) in [6, 6.07) is 8.25. The molecular formula is C20H19F7N2O4S. The van der Waals surface area contributed by atoms with E-state index in [4.69, 9.17) is 0 Å². The molecule has 2 aromatic carbocycles. The molecule has 0 atom stereocenters. The van der Waals surface area contributed by atoms with Crippen LogP contribution in [0.4, 0.5) is 36.4 Å². The van der Waals surface area contributed by atoms with Gasteiger partial charge >= 0.3 is 12.4 Å². The van der Waals surface area contributed by atoms with Gasteiger partial charge in [-0.2, -0.15) is 30.6 Å². The molecule has 1 aliphatic heterocycles. The van der Waals surface area contributed by atoms with E-state index in [1.165, 1.54) is 18.2 Å². The van der Waals surface area contributed by atoms with E-state index in [1.807, 2.05) is 0 Å². The van der Waals surface area contributed by atoms with Gasteiger partial charge in [-0.1, -0.05) is 12.1 Å². The van der Waals surface area contributed by atoms with E-state index in [2.05, 4.69) is 9.47 Å². The number of halogens is 7. The first-order valence-corrected chi connectivity index (χ1v) is 11.2. The first-order valence-electron chi connectivity index (χ1n) is 9.79. The van der Waals surface area contributed by atoms with Crippen LogP contribution in [0.3, 0.4) is 0 Å². The molecule has 0 amide bonds. The average Bonchev–Trinajstić information content (AvgIpc) is 2.76. The van der Waals surface area contributed by atoms with Gasteiger partial charge < -0.3 is 14.4 Å². The maximum absolute atomic E-state index is 14.0. The molecule has 188 valence electrons. The molecule has 0 radical (unpaired) electrons. The van der Waals surface area contributed by atoms with Crippen molar-refractivity contribution in [1.29, 1.82) is 0 Å². The SMILES string of the molecule is O=S(=O)(c1cc(OCC(F)(F)F)ccc1OCC(F)(F)F)N1CCN(c2ccccc2F)CC1. The van der Waals surface area contributed by atoms with E-state index in [0.717, 1.165) is 16.4 Å². The maximum Gasteiger partial charge on any atom is 0.422 e. The third-order valence-corrected chi connectivity index (χ3v) is 6.68. The van der Waals surface area contributed by atoms with Crippen molar-refractivity contribution in [3.63, 3.8) is 0 Å². The lowest BCUT2D eigenvalue weighted by Gasteiger charge is -2.35. The van der Waals surface area contributed by atoms with Crippen LogP contribution in [0.5, 0.6) is 11.5 Å². The van der Waals surface area contributed by atoms with E-state index in [-0.39, 0.29) is 31.9 Å². The minimum absolute atomic E-state index is 0.0726. The van der Waals surface area contributed by atoms with Crippen LogP contribution in [0.1, 0.15) is 0 Å². The van der Waals surface area contributed by atoms with Gasteiger partial charge in [0.25, 0.3) is 0 Å². The summed E-state index contributed by atoms with van der Waals surface area (Å²) in [5, 5.41) is 0. The number of anilines is 1. The van der Waals surface area contributed by atoms with Crippen molar-refractivity contribution < 1.29 is 48.6 Å². The smallest absolute Gasteiger partial charge is 0.422 e. The van der Waals surface area contributed by atoms with Crippen LogP contribution < -0.4 is 14.4 Å². The highest BCUT2D eigenvalue weighted by molar-refractivity contribution is 7.89. The van der Waals surface area contributed by atoms with Gasteiger partial charge in [0.15, 0.2) is 13.2 Å². The molecular weight excluding hydrogens is 497 g/mol. The molecule has 34 heavy (non-hydrogen) atoms. The molecule has 1 aliphatic rings. The van der Waals surface area contributed by atoms with Crippen LogP contribution >= 0.6 is 0 Å². The van der Waals surface area contributed by atoms with Gasteiger partial charge in [0.05, 0.1) is 5.69 Å². The predicted molar refractivity (Wildman–Crippen MR) is 107 cm³/mol. The number of sulfonamides is 1. The summed E-state index contributed by atoms with van der Waals surface area (Å²) in [6.45, 7) is -3.69. The number of nitrogens with zero attached hydrogens (tertiary/aromatic N) is 2. The Balaban J connectivity index is 1.84. The van der Waals surface area contributed by atoms with Crippen molar-refractivity contribution in [2.24, 2.45) is 0 Å². The summed E-state index contributed by atoms with van der Waals surface area (Å²) in [5.41, 5.74) is 0.260. The highest BCUT2D eigenvalue weighted by Gasteiger charge is 2.35. The molecule has 2 aromatic rings. The van der Waals surface area contributed by atoms with Crippen molar-refractivity contribution in [2.45, 2.75) is 17.2 Å². The number of rotatable bonds is 7. The molecule has 0 N–H and O–H groups in total. The minimum atomic E-state index is -4.78. The summed E-state index contributed by atoms with van der Waals surface area (Å²) in [7, 11) is -4.49. The molecule has 3 rings (SSSR count). The van der Waals surface area contributed by atoms with E-state index in [1.54, 1.807) is 11.0 Å². The number of ether oxygens (including phenoxy) is 2. The fourth-order valence-electron chi connectivity index (χ4n) is 3.24. The largest absolute Gasteiger partial charge is 0.484 e. The van der Waals surface area contributed by atoms with Crippen molar-refractivity contribution in [2.75, 3.05) is 44.3 Å². The summed E-state index contributed by atoms with van der Waals surface area (Å²) in [5.74, 6) is -1.70. The zero-order chi connectivity index (χ0) is 25.1. The maximum atomic E-state index is 14.0. The van der Waals surface area contributed by atoms with E-state index >= 15 is 0 Å². The fraction of sp³-hybridized carbons (Fsp3) is 0.400.